The average Bonchev–Trinajstić information content (AvgIpc) is 2.34. The van der Waals surface area contributed by atoms with Crippen LogP contribution in [-0.4, -0.2) is 18.4 Å². The minimum atomic E-state index is -3.75. The van der Waals surface area contributed by atoms with Gasteiger partial charge in [-0.1, -0.05) is 17.7 Å². The van der Waals surface area contributed by atoms with Crippen molar-refractivity contribution in [2.45, 2.75) is 11.8 Å². The maximum Gasteiger partial charge on any atom is 0.264 e. The second-order valence-electron chi connectivity index (χ2n) is 3.85. The zero-order valence-corrected chi connectivity index (χ0v) is 11.5. The number of hydrogen-bond donors (Lipinski definition) is 2. The van der Waals surface area contributed by atoms with Crippen LogP contribution in [0.15, 0.2) is 35.5 Å². The number of nitrogens with one attached hydrogen (secondary N) is 1. The molecule has 1 aromatic heterocycles. The highest BCUT2D eigenvalue weighted by Crippen LogP contribution is 2.22. The van der Waals surface area contributed by atoms with Gasteiger partial charge in [0.05, 0.1) is 18.1 Å². The van der Waals surface area contributed by atoms with Crippen molar-refractivity contribution in [3.63, 3.8) is 0 Å². The minimum absolute atomic E-state index is 0.0114. The fourth-order valence-corrected chi connectivity index (χ4v) is 2.45. The summed E-state index contributed by atoms with van der Waals surface area (Å²) in [6, 6.07) is 4.88. The highest BCUT2D eigenvalue weighted by molar-refractivity contribution is 7.92. The van der Waals surface area contributed by atoms with Crippen LogP contribution in [0.4, 0.5) is 11.6 Å². The van der Waals surface area contributed by atoms with Gasteiger partial charge in [0, 0.05) is 5.02 Å². The van der Waals surface area contributed by atoms with Gasteiger partial charge in [-0.25, -0.2) is 18.4 Å². The molecule has 8 heteroatoms. The summed E-state index contributed by atoms with van der Waals surface area (Å²) in [6.07, 6.45) is 2.28. The lowest BCUT2D eigenvalue weighted by molar-refractivity contribution is 0.600. The van der Waals surface area contributed by atoms with Crippen molar-refractivity contribution >= 4 is 33.3 Å². The van der Waals surface area contributed by atoms with Crippen LogP contribution in [0.2, 0.25) is 5.02 Å². The number of nitrogens with two attached hydrogens (primary N) is 1. The van der Waals surface area contributed by atoms with E-state index in [1.54, 1.807) is 12.1 Å². The van der Waals surface area contributed by atoms with Gasteiger partial charge in [-0.15, -0.1) is 0 Å². The minimum Gasteiger partial charge on any atom is -0.368 e. The smallest absolute Gasteiger partial charge is 0.264 e. The molecule has 0 aliphatic rings. The summed E-state index contributed by atoms with van der Waals surface area (Å²) in [6.45, 7) is 1.83. The highest BCUT2D eigenvalue weighted by atomic mass is 35.5. The van der Waals surface area contributed by atoms with E-state index in [4.69, 9.17) is 17.3 Å². The zero-order valence-electron chi connectivity index (χ0n) is 9.96. The molecule has 2 aromatic rings. The van der Waals surface area contributed by atoms with Crippen molar-refractivity contribution in [2.24, 2.45) is 0 Å². The SMILES string of the molecule is Cc1ccc(NS(=O)(=O)c2cnc(N)nc2)cc1Cl. The number of aromatic nitrogens is 2. The summed E-state index contributed by atoms with van der Waals surface area (Å²) < 4.78 is 26.5. The van der Waals surface area contributed by atoms with E-state index in [0.717, 1.165) is 18.0 Å². The van der Waals surface area contributed by atoms with E-state index in [1.807, 2.05) is 6.92 Å². The molecular weight excluding hydrogens is 288 g/mol. The summed E-state index contributed by atoms with van der Waals surface area (Å²) >= 11 is 5.93. The molecule has 3 N–H and O–H groups in total. The molecule has 0 aliphatic heterocycles. The van der Waals surface area contributed by atoms with E-state index in [0.29, 0.717) is 10.7 Å². The number of nitrogen functional groups attached to an aromatic ring is 1. The fourth-order valence-electron chi connectivity index (χ4n) is 1.34. The Labute approximate surface area is 115 Å². The average molecular weight is 299 g/mol. The highest BCUT2D eigenvalue weighted by Gasteiger charge is 2.15. The van der Waals surface area contributed by atoms with Crippen LogP contribution in [0.25, 0.3) is 0 Å². The van der Waals surface area contributed by atoms with Gasteiger partial charge in [0.1, 0.15) is 4.90 Å². The molecule has 0 fully saturated rings. The predicted octanol–water partition coefficient (Wildman–Crippen LogP) is 1.82. The molecule has 0 atom stereocenters. The molecule has 0 aliphatic carbocycles. The second-order valence-corrected chi connectivity index (χ2v) is 5.94. The second kappa shape index (κ2) is 5.02. The zero-order chi connectivity index (χ0) is 14.0. The Bertz CT molecular complexity index is 701. The lowest BCUT2D eigenvalue weighted by atomic mass is 10.2. The Balaban J connectivity index is 2.30. The third kappa shape index (κ3) is 3.12. The van der Waals surface area contributed by atoms with Gasteiger partial charge in [-0.3, -0.25) is 4.72 Å². The Morgan fingerprint density at radius 3 is 2.47 bits per heavy atom. The van der Waals surface area contributed by atoms with Crippen molar-refractivity contribution in [2.75, 3.05) is 10.5 Å². The maximum atomic E-state index is 12.0. The standard InChI is InChI=1S/C11H11ClN4O2S/c1-7-2-3-8(4-10(7)12)16-19(17,18)9-5-14-11(13)15-6-9/h2-6,16H,1H3,(H2,13,14,15). The maximum absolute atomic E-state index is 12.0. The van der Waals surface area contributed by atoms with E-state index in [2.05, 4.69) is 14.7 Å². The number of benzene rings is 1. The number of anilines is 2. The van der Waals surface area contributed by atoms with Crippen molar-refractivity contribution < 1.29 is 8.42 Å². The Morgan fingerprint density at radius 2 is 1.89 bits per heavy atom. The van der Waals surface area contributed by atoms with Crippen LogP contribution >= 0.6 is 11.6 Å². The van der Waals surface area contributed by atoms with Crippen molar-refractivity contribution in [1.29, 1.82) is 0 Å². The molecular formula is C11H11ClN4O2S. The molecule has 0 spiro atoms. The molecule has 2 rings (SSSR count). The van der Waals surface area contributed by atoms with Crippen LogP contribution in [0.1, 0.15) is 5.56 Å². The van der Waals surface area contributed by atoms with Crippen molar-refractivity contribution in [3.05, 3.63) is 41.2 Å². The largest absolute Gasteiger partial charge is 0.368 e. The van der Waals surface area contributed by atoms with Crippen LogP contribution < -0.4 is 10.5 Å². The number of halogens is 1. The van der Waals surface area contributed by atoms with E-state index in [1.165, 1.54) is 6.07 Å². The first-order valence-electron chi connectivity index (χ1n) is 5.25. The number of hydrogen-bond acceptors (Lipinski definition) is 5. The summed E-state index contributed by atoms with van der Waals surface area (Å²) in [5, 5.41) is 0.480. The molecule has 0 saturated heterocycles. The molecule has 19 heavy (non-hydrogen) atoms. The molecule has 0 amide bonds. The number of nitrogens with zero attached hydrogens (tertiary/aromatic N) is 2. The first-order chi connectivity index (χ1) is 8.88. The van der Waals surface area contributed by atoms with Gasteiger partial charge in [-0.2, -0.15) is 0 Å². The lowest BCUT2D eigenvalue weighted by Crippen LogP contribution is -2.14. The van der Waals surface area contributed by atoms with E-state index in [-0.39, 0.29) is 10.8 Å². The monoisotopic (exact) mass is 298 g/mol. The molecule has 0 radical (unpaired) electrons. The third-order valence-electron chi connectivity index (χ3n) is 2.38. The molecule has 1 heterocycles. The Hall–Kier alpha value is -1.86. The van der Waals surface area contributed by atoms with Crippen LogP contribution in [0, 0.1) is 6.92 Å². The van der Waals surface area contributed by atoms with Gasteiger partial charge in [0.25, 0.3) is 10.0 Å². The van der Waals surface area contributed by atoms with E-state index in [9.17, 15) is 8.42 Å². The summed E-state index contributed by atoms with van der Waals surface area (Å²) in [5.74, 6) is 0.0114. The lowest BCUT2D eigenvalue weighted by Gasteiger charge is -2.08. The van der Waals surface area contributed by atoms with Crippen molar-refractivity contribution in [3.8, 4) is 0 Å². The first-order valence-corrected chi connectivity index (χ1v) is 7.11. The first kappa shape index (κ1) is 13.6. The summed E-state index contributed by atoms with van der Waals surface area (Å²) in [7, 11) is -3.75. The fraction of sp³-hybridized carbons (Fsp3) is 0.0909. The molecule has 100 valence electrons. The summed E-state index contributed by atoms with van der Waals surface area (Å²) in [4.78, 5) is 7.21. The van der Waals surface area contributed by atoms with Crippen LogP contribution in [-0.2, 0) is 10.0 Å². The summed E-state index contributed by atoms with van der Waals surface area (Å²) in [5.41, 5.74) is 6.53. The number of aryl methyl sites for hydroxylation is 1. The molecule has 0 saturated carbocycles. The molecule has 1 aromatic carbocycles. The molecule has 0 unspecified atom stereocenters. The van der Waals surface area contributed by atoms with Gasteiger partial charge in [-0.05, 0) is 24.6 Å². The van der Waals surface area contributed by atoms with Crippen LogP contribution in [0.3, 0.4) is 0 Å². The Morgan fingerprint density at radius 1 is 1.26 bits per heavy atom. The van der Waals surface area contributed by atoms with Gasteiger partial charge < -0.3 is 5.73 Å². The normalized spacial score (nSPS) is 11.3. The Kier molecular flexibility index (Phi) is 3.59. The number of sulfonamides is 1. The van der Waals surface area contributed by atoms with Crippen molar-refractivity contribution in [1.82, 2.24) is 9.97 Å². The number of rotatable bonds is 3. The molecule has 0 bridgehead atoms. The van der Waals surface area contributed by atoms with E-state index >= 15 is 0 Å². The third-order valence-corrected chi connectivity index (χ3v) is 4.13. The van der Waals surface area contributed by atoms with E-state index < -0.39 is 10.0 Å². The topological polar surface area (TPSA) is 98.0 Å². The van der Waals surface area contributed by atoms with Gasteiger partial charge >= 0.3 is 0 Å². The predicted molar refractivity (Wildman–Crippen MR) is 73.4 cm³/mol. The van der Waals surface area contributed by atoms with Gasteiger partial charge in [0.15, 0.2) is 0 Å². The quantitative estimate of drug-likeness (QED) is 0.900. The van der Waals surface area contributed by atoms with Gasteiger partial charge in [0.2, 0.25) is 5.95 Å². The van der Waals surface area contributed by atoms with Crippen LogP contribution in [0.5, 0.6) is 0 Å². The molecule has 6 nitrogen and oxygen atoms in total.